The first-order valence-corrected chi connectivity index (χ1v) is 8.59. The molecule has 0 heterocycles. The van der Waals surface area contributed by atoms with Crippen LogP contribution in [-0.2, 0) is 9.84 Å². The smallest absolute Gasteiger partial charge is 0.319 e. The molecule has 0 radical (unpaired) electrons. The lowest BCUT2D eigenvalue weighted by molar-refractivity contribution is 0.249. The third-order valence-electron chi connectivity index (χ3n) is 3.13. The average Bonchev–Trinajstić information content (AvgIpc) is 2.37. The van der Waals surface area contributed by atoms with Crippen molar-refractivity contribution < 1.29 is 13.2 Å². The van der Waals surface area contributed by atoms with Crippen molar-refractivity contribution >= 4 is 21.6 Å². The summed E-state index contributed by atoms with van der Waals surface area (Å²) in [6.45, 7) is 10.5. The maximum atomic E-state index is 12.3. The van der Waals surface area contributed by atoms with Crippen LogP contribution in [0, 0.1) is 0 Å². The first-order chi connectivity index (χ1) is 10.1. The van der Waals surface area contributed by atoms with E-state index < -0.39 is 14.6 Å². The Kier molecular flexibility index (Phi) is 5.77. The second kappa shape index (κ2) is 6.96. The van der Waals surface area contributed by atoms with Gasteiger partial charge < -0.3 is 10.6 Å². The van der Waals surface area contributed by atoms with Gasteiger partial charge in [0, 0.05) is 11.7 Å². The number of nitrogens with one attached hydrogen (secondary N) is 2. The summed E-state index contributed by atoms with van der Waals surface area (Å²) < 4.78 is 23.7. The van der Waals surface area contributed by atoms with Gasteiger partial charge in [0.25, 0.3) is 0 Å². The van der Waals surface area contributed by atoms with E-state index in [1.54, 1.807) is 39.0 Å². The van der Waals surface area contributed by atoms with E-state index in [-0.39, 0.29) is 17.0 Å². The van der Waals surface area contributed by atoms with E-state index in [0.29, 0.717) is 12.1 Å². The third-order valence-corrected chi connectivity index (χ3v) is 5.63. The van der Waals surface area contributed by atoms with E-state index in [4.69, 9.17) is 0 Å². The van der Waals surface area contributed by atoms with E-state index in [0.717, 1.165) is 0 Å². The highest BCUT2D eigenvalue weighted by atomic mass is 32.2. The molecule has 0 aliphatic rings. The van der Waals surface area contributed by atoms with Gasteiger partial charge in [-0.2, -0.15) is 0 Å². The molecular formula is C16H24N2O3S. The fraction of sp³-hybridized carbons (Fsp3) is 0.438. The van der Waals surface area contributed by atoms with Gasteiger partial charge >= 0.3 is 6.03 Å². The van der Waals surface area contributed by atoms with Gasteiger partial charge in [-0.15, -0.1) is 6.58 Å². The number of sulfone groups is 1. The molecular weight excluding hydrogens is 300 g/mol. The molecule has 0 aliphatic heterocycles. The average molecular weight is 324 g/mol. The lowest BCUT2D eigenvalue weighted by atomic mass is 10.2. The number of carbonyl (C=O) groups is 1. The standard InChI is InChI=1S/C16H24N2O3S/c1-6-7-12(2)17-15(19)18-13-8-10-14(11-9-13)22(20,21)16(3,4)5/h6,8-12H,1,7H2,2-5H3,(H2,17,18,19)/t12-/m1/s1. The molecule has 0 saturated carbocycles. The van der Waals surface area contributed by atoms with Crippen molar-refractivity contribution in [2.24, 2.45) is 0 Å². The van der Waals surface area contributed by atoms with E-state index in [1.807, 2.05) is 6.92 Å². The normalized spacial score (nSPS) is 13.3. The maximum Gasteiger partial charge on any atom is 0.319 e. The maximum absolute atomic E-state index is 12.3. The number of carbonyl (C=O) groups excluding carboxylic acids is 1. The Morgan fingerprint density at radius 1 is 1.27 bits per heavy atom. The van der Waals surface area contributed by atoms with E-state index >= 15 is 0 Å². The molecule has 0 unspecified atom stereocenters. The Hall–Kier alpha value is -1.82. The predicted octanol–water partition coefficient (Wildman–Crippen LogP) is 3.34. The summed E-state index contributed by atoms with van der Waals surface area (Å²) in [5.41, 5.74) is 0.538. The Morgan fingerprint density at radius 3 is 2.27 bits per heavy atom. The fourth-order valence-electron chi connectivity index (χ4n) is 1.77. The Morgan fingerprint density at radius 2 is 1.82 bits per heavy atom. The van der Waals surface area contributed by atoms with Gasteiger partial charge in [-0.3, -0.25) is 0 Å². The van der Waals surface area contributed by atoms with Crippen LogP contribution in [0.5, 0.6) is 0 Å². The molecule has 1 aromatic rings. The molecule has 5 nitrogen and oxygen atoms in total. The molecule has 1 aromatic carbocycles. The number of hydrogen-bond donors (Lipinski definition) is 2. The van der Waals surface area contributed by atoms with Gasteiger partial charge in [-0.1, -0.05) is 6.08 Å². The van der Waals surface area contributed by atoms with Gasteiger partial charge in [-0.05, 0) is 58.4 Å². The highest BCUT2D eigenvalue weighted by Gasteiger charge is 2.30. The van der Waals surface area contributed by atoms with Crippen molar-refractivity contribution in [2.75, 3.05) is 5.32 Å². The lowest BCUT2D eigenvalue weighted by Gasteiger charge is -2.19. The molecule has 0 fully saturated rings. The van der Waals surface area contributed by atoms with Crippen LogP contribution in [0.3, 0.4) is 0 Å². The highest BCUT2D eigenvalue weighted by Crippen LogP contribution is 2.25. The first-order valence-electron chi connectivity index (χ1n) is 7.11. The molecule has 0 aliphatic carbocycles. The van der Waals surface area contributed by atoms with Crippen molar-refractivity contribution in [3.8, 4) is 0 Å². The Bertz CT molecular complexity index is 628. The van der Waals surface area contributed by atoms with Crippen LogP contribution in [0.1, 0.15) is 34.1 Å². The van der Waals surface area contributed by atoms with Crippen LogP contribution < -0.4 is 10.6 Å². The number of urea groups is 1. The zero-order chi connectivity index (χ0) is 17.0. The van der Waals surface area contributed by atoms with Crippen molar-refractivity contribution in [2.45, 2.75) is 49.8 Å². The van der Waals surface area contributed by atoms with Crippen molar-refractivity contribution in [1.82, 2.24) is 5.32 Å². The van der Waals surface area contributed by atoms with Crippen LogP contribution in [0.15, 0.2) is 41.8 Å². The second-order valence-corrected chi connectivity index (χ2v) is 8.87. The number of benzene rings is 1. The second-order valence-electron chi connectivity index (χ2n) is 6.16. The largest absolute Gasteiger partial charge is 0.335 e. The minimum atomic E-state index is -3.39. The zero-order valence-electron chi connectivity index (χ0n) is 13.5. The number of anilines is 1. The molecule has 2 N–H and O–H groups in total. The van der Waals surface area contributed by atoms with Crippen LogP contribution in [-0.4, -0.2) is 25.2 Å². The van der Waals surface area contributed by atoms with Gasteiger partial charge in [0.2, 0.25) is 0 Å². The Labute approximate surface area is 132 Å². The summed E-state index contributed by atoms with van der Waals surface area (Å²) in [6, 6.07) is 5.82. The first kappa shape index (κ1) is 18.2. The topological polar surface area (TPSA) is 75.3 Å². The molecule has 6 heteroatoms. The van der Waals surface area contributed by atoms with Gasteiger partial charge in [0.15, 0.2) is 9.84 Å². The van der Waals surface area contributed by atoms with Crippen molar-refractivity contribution in [3.63, 3.8) is 0 Å². The summed E-state index contributed by atoms with van der Waals surface area (Å²) >= 11 is 0. The van der Waals surface area contributed by atoms with Gasteiger partial charge in [0.05, 0.1) is 9.64 Å². The summed E-state index contributed by atoms with van der Waals surface area (Å²) in [5.74, 6) is 0. The summed E-state index contributed by atoms with van der Waals surface area (Å²) in [5, 5.41) is 5.43. The molecule has 1 rings (SSSR count). The molecule has 122 valence electrons. The lowest BCUT2D eigenvalue weighted by Crippen LogP contribution is -2.35. The van der Waals surface area contributed by atoms with Crippen LogP contribution in [0.4, 0.5) is 10.5 Å². The van der Waals surface area contributed by atoms with Crippen molar-refractivity contribution in [3.05, 3.63) is 36.9 Å². The van der Waals surface area contributed by atoms with Crippen LogP contribution >= 0.6 is 0 Å². The summed E-state index contributed by atoms with van der Waals surface area (Å²) in [7, 11) is -3.39. The number of hydrogen-bond acceptors (Lipinski definition) is 3. The Balaban J connectivity index is 2.78. The quantitative estimate of drug-likeness (QED) is 0.816. The molecule has 0 saturated heterocycles. The monoisotopic (exact) mass is 324 g/mol. The highest BCUT2D eigenvalue weighted by molar-refractivity contribution is 7.92. The van der Waals surface area contributed by atoms with Crippen LogP contribution in [0.2, 0.25) is 0 Å². The molecule has 1 atom stereocenters. The molecule has 22 heavy (non-hydrogen) atoms. The summed E-state index contributed by atoms with van der Waals surface area (Å²) in [4.78, 5) is 12.0. The van der Waals surface area contributed by atoms with Gasteiger partial charge in [0.1, 0.15) is 0 Å². The minimum absolute atomic E-state index is 0.0157. The van der Waals surface area contributed by atoms with E-state index in [2.05, 4.69) is 17.2 Å². The van der Waals surface area contributed by atoms with E-state index in [9.17, 15) is 13.2 Å². The fourth-order valence-corrected chi connectivity index (χ4v) is 2.97. The number of amides is 2. The molecule has 0 bridgehead atoms. The minimum Gasteiger partial charge on any atom is -0.335 e. The predicted molar refractivity (Wildman–Crippen MR) is 89.8 cm³/mol. The third kappa shape index (κ3) is 4.59. The van der Waals surface area contributed by atoms with Gasteiger partial charge in [-0.25, -0.2) is 13.2 Å². The van der Waals surface area contributed by atoms with Crippen molar-refractivity contribution in [1.29, 1.82) is 0 Å². The molecule has 2 amide bonds. The van der Waals surface area contributed by atoms with Crippen LogP contribution in [0.25, 0.3) is 0 Å². The molecule has 0 aromatic heterocycles. The molecule has 0 spiro atoms. The van der Waals surface area contributed by atoms with E-state index in [1.165, 1.54) is 12.1 Å². The SMILES string of the molecule is C=CC[C@@H](C)NC(=O)Nc1ccc(S(=O)(=O)C(C)(C)C)cc1. The number of rotatable bonds is 5. The summed E-state index contributed by atoms with van der Waals surface area (Å²) in [6.07, 6.45) is 2.41. The zero-order valence-corrected chi connectivity index (χ0v) is 14.3.